The van der Waals surface area contributed by atoms with Crippen LogP contribution in [0.1, 0.15) is 32.8 Å². The summed E-state index contributed by atoms with van der Waals surface area (Å²) < 4.78 is 1.71. The molecule has 6 heteroatoms. The van der Waals surface area contributed by atoms with E-state index in [4.69, 9.17) is 0 Å². The fraction of sp³-hybridized carbons (Fsp3) is 0.0714. The van der Waals surface area contributed by atoms with Gasteiger partial charge in [-0.15, -0.1) is 0 Å². The molecule has 1 amide bonds. The number of amides is 1. The van der Waals surface area contributed by atoms with E-state index in [9.17, 15) is 9.59 Å². The van der Waals surface area contributed by atoms with Crippen molar-refractivity contribution in [3.63, 3.8) is 0 Å². The normalized spacial score (nSPS) is 14.7. The standard InChI is InChI=1S/C28H20N4O2/c33-19-21-9-12-22(13-10-21)26-15-16-27-29-18-25(32(27)31-26)14-11-20-5-4-8-24(17-20)30-28(34)23-6-2-1-3-7-23/h1-7,9-10,12-13,15-19,24H,8H2,(H,30,34). The summed E-state index contributed by atoms with van der Waals surface area (Å²) in [4.78, 5) is 27.8. The van der Waals surface area contributed by atoms with Crippen molar-refractivity contribution in [1.82, 2.24) is 19.9 Å². The Morgan fingerprint density at radius 2 is 1.85 bits per heavy atom. The molecule has 0 saturated heterocycles. The predicted octanol–water partition coefficient (Wildman–Crippen LogP) is 4.25. The lowest BCUT2D eigenvalue weighted by atomic mass is 10.0. The van der Waals surface area contributed by atoms with Crippen LogP contribution in [0.4, 0.5) is 0 Å². The van der Waals surface area contributed by atoms with Gasteiger partial charge in [0.1, 0.15) is 12.0 Å². The summed E-state index contributed by atoms with van der Waals surface area (Å²) in [5.74, 6) is 6.21. The summed E-state index contributed by atoms with van der Waals surface area (Å²) in [6.07, 6.45) is 9.15. The zero-order valence-corrected chi connectivity index (χ0v) is 18.2. The van der Waals surface area contributed by atoms with Crippen LogP contribution in [0.25, 0.3) is 16.9 Å². The maximum Gasteiger partial charge on any atom is 0.251 e. The average molecular weight is 444 g/mol. The van der Waals surface area contributed by atoms with E-state index < -0.39 is 0 Å². The zero-order valence-electron chi connectivity index (χ0n) is 18.2. The molecule has 0 radical (unpaired) electrons. The molecular formula is C28H20N4O2. The van der Waals surface area contributed by atoms with Gasteiger partial charge in [-0.05, 0) is 42.7 Å². The maximum atomic E-state index is 12.5. The smallest absolute Gasteiger partial charge is 0.251 e. The van der Waals surface area contributed by atoms with E-state index in [1.165, 1.54) is 0 Å². The Morgan fingerprint density at radius 1 is 1.03 bits per heavy atom. The predicted molar refractivity (Wildman–Crippen MR) is 130 cm³/mol. The van der Waals surface area contributed by atoms with Crippen molar-refractivity contribution in [3.05, 3.63) is 114 Å². The van der Waals surface area contributed by atoms with E-state index in [2.05, 4.69) is 27.2 Å². The van der Waals surface area contributed by atoms with Crippen LogP contribution in [0.2, 0.25) is 0 Å². The number of aldehydes is 1. The van der Waals surface area contributed by atoms with Crippen molar-refractivity contribution < 1.29 is 9.59 Å². The number of nitrogens with zero attached hydrogens (tertiary/aromatic N) is 3. The molecule has 1 unspecified atom stereocenters. The Balaban J connectivity index is 1.37. The molecule has 6 nitrogen and oxygen atoms in total. The second-order valence-electron chi connectivity index (χ2n) is 7.83. The third kappa shape index (κ3) is 4.54. The Bertz CT molecular complexity index is 1490. The van der Waals surface area contributed by atoms with Crippen molar-refractivity contribution in [1.29, 1.82) is 0 Å². The minimum atomic E-state index is -0.122. The monoisotopic (exact) mass is 444 g/mol. The van der Waals surface area contributed by atoms with E-state index in [1.54, 1.807) is 35.0 Å². The van der Waals surface area contributed by atoms with Crippen molar-refractivity contribution in [2.24, 2.45) is 0 Å². The lowest BCUT2D eigenvalue weighted by molar-refractivity contribution is 0.0944. The molecule has 164 valence electrons. The molecule has 34 heavy (non-hydrogen) atoms. The van der Waals surface area contributed by atoms with Gasteiger partial charge in [-0.2, -0.15) is 5.10 Å². The summed E-state index contributed by atoms with van der Waals surface area (Å²) >= 11 is 0. The third-order valence-corrected chi connectivity index (χ3v) is 5.46. The fourth-order valence-corrected chi connectivity index (χ4v) is 3.69. The minimum absolute atomic E-state index is 0.107. The number of carbonyl (C=O) groups is 2. The molecule has 1 atom stereocenters. The van der Waals surface area contributed by atoms with Crippen LogP contribution >= 0.6 is 0 Å². The van der Waals surface area contributed by atoms with Gasteiger partial charge in [-0.3, -0.25) is 9.59 Å². The first-order chi connectivity index (χ1) is 16.7. The van der Waals surface area contributed by atoms with Gasteiger partial charge in [-0.1, -0.05) is 60.5 Å². The second kappa shape index (κ2) is 9.39. The van der Waals surface area contributed by atoms with Crippen molar-refractivity contribution in [2.45, 2.75) is 12.5 Å². The first-order valence-corrected chi connectivity index (χ1v) is 10.9. The van der Waals surface area contributed by atoms with Gasteiger partial charge >= 0.3 is 0 Å². The number of benzene rings is 2. The Kier molecular flexibility index (Phi) is 5.83. The summed E-state index contributed by atoms with van der Waals surface area (Å²) in [6, 6.07) is 20.1. The van der Waals surface area contributed by atoms with Gasteiger partial charge < -0.3 is 5.32 Å². The lowest BCUT2D eigenvalue weighted by Crippen LogP contribution is -2.34. The van der Waals surface area contributed by atoms with Crippen molar-refractivity contribution in [3.8, 4) is 23.1 Å². The molecule has 2 aromatic carbocycles. The Morgan fingerprint density at radius 3 is 2.65 bits per heavy atom. The molecule has 0 saturated carbocycles. The largest absolute Gasteiger partial charge is 0.345 e. The number of hydrogen-bond donors (Lipinski definition) is 1. The number of imidazole rings is 1. The number of carbonyl (C=O) groups excluding carboxylic acids is 2. The minimum Gasteiger partial charge on any atom is -0.345 e. The third-order valence-electron chi connectivity index (χ3n) is 5.46. The van der Waals surface area contributed by atoms with Gasteiger partial charge in [0.15, 0.2) is 5.65 Å². The number of allylic oxidation sites excluding steroid dienone is 2. The highest BCUT2D eigenvalue weighted by Gasteiger charge is 2.13. The number of nitrogens with one attached hydrogen (secondary N) is 1. The van der Waals surface area contributed by atoms with E-state index in [-0.39, 0.29) is 11.9 Å². The number of fused-ring (bicyclic) bond motifs is 1. The maximum absolute atomic E-state index is 12.5. The van der Waals surface area contributed by atoms with Crippen molar-refractivity contribution in [2.75, 3.05) is 0 Å². The first kappa shape index (κ1) is 21.1. The number of hydrogen-bond acceptors (Lipinski definition) is 4. The molecule has 5 rings (SSSR count). The quantitative estimate of drug-likeness (QED) is 0.377. The molecule has 0 fully saturated rings. The molecule has 1 N–H and O–H groups in total. The van der Waals surface area contributed by atoms with E-state index >= 15 is 0 Å². The molecule has 2 aromatic heterocycles. The number of rotatable bonds is 4. The van der Waals surface area contributed by atoms with Crippen LogP contribution in [0.3, 0.4) is 0 Å². The SMILES string of the molecule is O=Cc1ccc(-c2ccc3ncc(C#CC4=CC(NC(=O)c5ccccc5)CC=C4)n3n2)cc1. The van der Waals surface area contributed by atoms with Gasteiger partial charge in [0, 0.05) is 22.3 Å². The van der Waals surface area contributed by atoms with Crippen LogP contribution in [-0.4, -0.2) is 32.8 Å². The Hall–Kier alpha value is -4.76. The van der Waals surface area contributed by atoms with Crippen molar-refractivity contribution >= 4 is 17.8 Å². The highest BCUT2D eigenvalue weighted by atomic mass is 16.1. The summed E-state index contributed by atoms with van der Waals surface area (Å²) in [5, 5.41) is 7.72. The number of aromatic nitrogens is 3. The van der Waals surface area contributed by atoms with Crippen LogP contribution in [0.5, 0.6) is 0 Å². The average Bonchev–Trinajstić information content (AvgIpc) is 3.30. The molecule has 0 spiro atoms. The van der Waals surface area contributed by atoms with E-state index in [0.29, 0.717) is 28.9 Å². The molecule has 4 aromatic rings. The lowest BCUT2D eigenvalue weighted by Gasteiger charge is -2.16. The van der Waals surface area contributed by atoms with Gasteiger partial charge in [-0.25, -0.2) is 9.50 Å². The Labute approximate surface area is 196 Å². The highest BCUT2D eigenvalue weighted by molar-refractivity contribution is 5.94. The summed E-state index contributed by atoms with van der Waals surface area (Å²) in [7, 11) is 0. The first-order valence-electron chi connectivity index (χ1n) is 10.9. The van der Waals surface area contributed by atoms with Gasteiger partial charge in [0.2, 0.25) is 0 Å². The molecule has 2 heterocycles. The van der Waals surface area contributed by atoms with Crippen LogP contribution in [0, 0.1) is 11.8 Å². The second-order valence-corrected chi connectivity index (χ2v) is 7.83. The van der Waals surface area contributed by atoms with Gasteiger partial charge in [0.25, 0.3) is 5.91 Å². The molecular weight excluding hydrogens is 424 g/mol. The summed E-state index contributed by atoms with van der Waals surface area (Å²) in [6.45, 7) is 0. The van der Waals surface area contributed by atoms with Crippen LogP contribution in [0.15, 0.2) is 96.7 Å². The fourth-order valence-electron chi connectivity index (χ4n) is 3.69. The molecule has 0 bridgehead atoms. The summed E-state index contributed by atoms with van der Waals surface area (Å²) in [5.41, 5.74) is 5.07. The zero-order chi connectivity index (χ0) is 23.3. The molecule has 1 aliphatic rings. The van der Waals surface area contributed by atoms with Crippen LogP contribution < -0.4 is 5.32 Å². The van der Waals surface area contributed by atoms with E-state index in [0.717, 1.165) is 23.1 Å². The van der Waals surface area contributed by atoms with Crippen LogP contribution in [-0.2, 0) is 0 Å². The molecule has 0 aliphatic heterocycles. The highest BCUT2D eigenvalue weighted by Crippen LogP contribution is 2.18. The van der Waals surface area contributed by atoms with E-state index in [1.807, 2.05) is 60.7 Å². The van der Waals surface area contributed by atoms with Gasteiger partial charge in [0.05, 0.1) is 17.9 Å². The topological polar surface area (TPSA) is 76.4 Å². The molecule has 1 aliphatic carbocycles.